The molecule has 2 aliphatic rings. The molecule has 0 radical (unpaired) electrons. The van der Waals surface area contributed by atoms with Crippen molar-refractivity contribution >= 4 is 11.6 Å². The lowest BCUT2D eigenvalue weighted by molar-refractivity contribution is 0.0378. The summed E-state index contributed by atoms with van der Waals surface area (Å²) in [5.74, 6) is 8.25. The van der Waals surface area contributed by atoms with E-state index in [9.17, 15) is 5.11 Å². The van der Waals surface area contributed by atoms with E-state index in [4.69, 9.17) is 10.6 Å². The van der Waals surface area contributed by atoms with Gasteiger partial charge in [0.15, 0.2) is 0 Å². The SMILES string of the molecule is Cc1c(NN)nc(C2CC2)nc1NC1(CO)CCOCC1. The topological polar surface area (TPSA) is 105 Å². The van der Waals surface area contributed by atoms with Gasteiger partial charge in [-0.2, -0.15) is 0 Å². The molecule has 0 bridgehead atoms. The molecule has 3 rings (SSSR count). The smallest absolute Gasteiger partial charge is 0.148 e. The van der Waals surface area contributed by atoms with Gasteiger partial charge in [-0.05, 0) is 32.6 Å². The summed E-state index contributed by atoms with van der Waals surface area (Å²) in [6.07, 6.45) is 3.78. The second-order valence-corrected chi connectivity index (χ2v) is 6.00. The van der Waals surface area contributed by atoms with E-state index in [1.807, 2.05) is 6.92 Å². The predicted octanol–water partition coefficient (Wildman–Crippen LogP) is 0.901. The van der Waals surface area contributed by atoms with Gasteiger partial charge in [-0.3, -0.25) is 0 Å². The second kappa shape index (κ2) is 5.75. The molecule has 1 saturated carbocycles. The van der Waals surface area contributed by atoms with Crippen LogP contribution in [0.5, 0.6) is 0 Å². The molecule has 1 aromatic rings. The number of rotatable bonds is 5. The molecule has 0 spiro atoms. The molecular weight excluding hydrogens is 270 g/mol. The zero-order chi connectivity index (χ0) is 14.9. The van der Waals surface area contributed by atoms with E-state index in [0.29, 0.717) is 24.9 Å². The average Bonchev–Trinajstić information content (AvgIpc) is 3.35. The molecule has 1 aliphatic heterocycles. The molecule has 1 aliphatic carbocycles. The summed E-state index contributed by atoms with van der Waals surface area (Å²) in [6, 6.07) is 0. The van der Waals surface area contributed by atoms with Crippen LogP contribution in [-0.4, -0.2) is 40.4 Å². The van der Waals surface area contributed by atoms with Crippen LogP contribution in [0.1, 0.15) is 43.0 Å². The first-order valence-electron chi connectivity index (χ1n) is 7.49. The van der Waals surface area contributed by atoms with Crippen LogP contribution >= 0.6 is 0 Å². The van der Waals surface area contributed by atoms with E-state index in [1.54, 1.807) is 0 Å². The Morgan fingerprint density at radius 2 is 1.95 bits per heavy atom. The van der Waals surface area contributed by atoms with Crippen molar-refractivity contribution in [3.05, 3.63) is 11.4 Å². The maximum absolute atomic E-state index is 9.81. The van der Waals surface area contributed by atoms with Crippen LogP contribution in [0, 0.1) is 6.92 Å². The summed E-state index contributed by atoms with van der Waals surface area (Å²) in [5.41, 5.74) is 3.15. The van der Waals surface area contributed by atoms with Gasteiger partial charge in [-0.25, -0.2) is 15.8 Å². The normalized spacial score (nSPS) is 21.1. The van der Waals surface area contributed by atoms with Crippen molar-refractivity contribution in [3.8, 4) is 0 Å². The number of hydrogen-bond acceptors (Lipinski definition) is 7. The Hall–Kier alpha value is -1.44. The molecule has 21 heavy (non-hydrogen) atoms. The van der Waals surface area contributed by atoms with E-state index in [2.05, 4.69) is 20.7 Å². The molecule has 2 heterocycles. The maximum atomic E-state index is 9.81. The highest BCUT2D eigenvalue weighted by atomic mass is 16.5. The average molecular weight is 293 g/mol. The lowest BCUT2D eigenvalue weighted by Gasteiger charge is -2.37. The van der Waals surface area contributed by atoms with Gasteiger partial charge < -0.3 is 20.6 Å². The summed E-state index contributed by atoms with van der Waals surface area (Å²) >= 11 is 0. The molecule has 0 unspecified atom stereocenters. The number of nitrogens with one attached hydrogen (secondary N) is 2. The largest absolute Gasteiger partial charge is 0.394 e. The van der Waals surface area contributed by atoms with Gasteiger partial charge >= 0.3 is 0 Å². The Bertz CT molecular complexity index is 512. The van der Waals surface area contributed by atoms with Crippen molar-refractivity contribution in [3.63, 3.8) is 0 Å². The quantitative estimate of drug-likeness (QED) is 0.472. The summed E-state index contributed by atoms with van der Waals surface area (Å²) < 4.78 is 5.40. The van der Waals surface area contributed by atoms with E-state index in [0.717, 1.165) is 42.9 Å². The van der Waals surface area contributed by atoms with Crippen molar-refractivity contribution in [2.45, 2.75) is 44.1 Å². The number of hydrogen-bond donors (Lipinski definition) is 4. The second-order valence-electron chi connectivity index (χ2n) is 6.00. The summed E-state index contributed by atoms with van der Waals surface area (Å²) in [6.45, 7) is 3.28. The third-order valence-corrected chi connectivity index (χ3v) is 4.38. The minimum atomic E-state index is -0.371. The van der Waals surface area contributed by atoms with Crippen LogP contribution < -0.4 is 16.6 Å². The standard InChI is InChI=1S/C14H23N5O2/c1-9-11(18-14(8-20)4-6-21-7-5-14)16-13(10-2-3-10)17-12(9)19-15/h10,20H,2-8,15H2,1H3,(H2,16,17,18,19). The molecule has 7 heteroatoms. The highest BCUT2D eigenvalue weighted by molar-refractivity contribution is 5.58. The number of ether oxygens (including phenoxy) is 1. The molecule has 1 saturated heterocycles. The first kappa shape index (κ1) is 14.5. The Balaban J connectivity index is 1.90. The minimum absolute atomic E-state index is 0.0595. The lowest BCUT2D eigenvalue weighted by Crippen LogP contribution is -2.47. The third-order valence-electron chi connectivity index (χ3n) is 4.38. The van der Waals surface area contributed by atoms with E-state index in [1.165, 1.54) is 0 Å². The molecule has 5 N–H and O–H groups in total. The minimum Gasteiger partial charge on any atom is -0.394 e. The Morgan fingerprint density at radius 1 is 1.29 bits per heavy atom. The Labute approximate surface area is 124 Å². The molecule has 1 aromatic heterocycles. The Morgan fingerprint density at radius 3 is 2.52 bits per heavy atom. The van der Waals surface area contributed by atoms with Crippen molar-refractivity contribution in [1.29, 1.82) is 0 Å². The molecule has 0 amide bonds. The van der Waals surface area contributed by atoms with Crippen LogP contribution in [0.25, 0.3) is 0 Å². The van der Waals surface area contributed by atoms with Gasteiger partial charge in [-0.15, -0.1) is 0 Å². The monoisotopic (exact) mass is 293 g/mol. The molecule has 2 fully saturated rings. The van der Waals surface area contributed by atoms with Crippen molar-refractivity contribution in [2.24, 2.45) is 5.84 Å². The molecular formula is C14H23N5O2. The zero-order valence-corrected chi connectivity index (χ0v) is 12.4. The van der Waals surface area contributed by atoms with Gasteiger partial charge in [0.25, 0.3) is 0 Å². The van der Waals surface area contributed by atoms with Gasteiger partial charge in [0.05, 0.1) is 12.1 Å². The highest BCUT2D eigenvalue weighted by Crippen LogP contribution is 2.40. The number of nitrogens with two attached hydrogens (primary N) is 1. The van der Waals surface area contributed by atoms with E-state index < -0.39 is 0 Å². The maximum Gasteiger partial charge on any atom is 0.148 e. The number of hydrazine groups is 1. The summed E-state index contributed by atoms with van der Waals surface area (Å²) in [5, 5.41) is 13.2. The van der Waals surface area contributed by atoms with Crippen LogP contribution in [0.15, 0.2) is 0 Å². The zero-order valence-electron chi connectivity index (χ0n) is 12.4. The van der Waals surface area contributed by atoms with Crippen molar-refractivity contribution in [1.82, 2.24) is 9.97 Å². The predicted molar refractivity (Wildman–Crippen MR) is 80.0 cm³/mol. The number of aromatic nitrogens is 2. The van der Waals surface area contributed by atoms with Gasteiger partial charge in [0.2, 0.25) is 0 Å². The first-order chi connectivity index (χ1) is 10.2. The Kier molecular flexibility index (Phi) is 3.97. The first-order valence-corrected chi connectivity index (χ1v) is 7.49. The van der Waals surface area contributed by atoms with Crippen molar-refractivity contribution < 1.29 is 9.84 Å². The van der Waals surface area contributed by atoms with Crippen LogP contribution in [-0.2, 0) is 4.74 Å². The highest BCUT2D eigenvalue weighted by Gasteiger charge is 2.34. The van der Waals surface area contributed by atoms with Gasteiger partial charge in [0.1, 0.15) is 17.5 Å². The number of aliphatic hydroxyl groups excluding tert-OH is 1. The van der Waals surface area contributed by atoms with Crippen LogP contribution in [0.3, 0.4) is 0 Å². The van der Waals surface area contributed by atoms with E-state index in [-0.39, 0.29) is 12.1 Å². The fourth-order valence-electron chi connectivity index (χ4n) is 2.66. The van der Waals surface area contributed by atoms with Crippen LogP contribution in [0.2, 0.25) is 0 Å². The fraction of sp³-hybridized carbons (Fsp3) is 0.714. The van der Waals surface area contributed by atoms with E-state index >= 15 is 0 Å². The number of nitrogens with zero attached hydrogens (tertiary/aromatic N) is 2. The van der Waals surface area contributed by atoms with Gasteiger partial charge in [-0.1, -0.05) is 0 Å². The number of aliphatic hydroxyl groups is 1. The molecule has 0 atom stereocenters. The van der Waals surface area contributed by atoms with Gasteiger partial charge in [0, 0.05) is 24.7 Å². The van der Waals surface area contributed by atoms with Crippen LogP contribution in [0.4, 0.5) is 11.6 Å². The molecule has 116 valence electrons. The fourth-order valence-corrected chi connectivity index (χ4v) is 2.66. The molecule has 0 aromatic carbocycles. The molecule has 7 nitrogen and oxygen atoms in total. The lowest BCUT2D eigenvalue weighted by atomic mass is 9.91. The third kappa shape index (κ3) is 2.95. The van der Waals surface area contributed by atoms with Crippen molar-refractivity contribution in [2.75, 3.05) is 30.6 Å². The summed E-state index contributed by atoms with van der Waals surface area (Å²) in [4.78, 5) is 9.14. The summed E-state index contributed by atoms with van der Waals surface area (Å²) in [7, 11) is 0. The number of anilines is 2. The number of nitrogen functional groups attached to an aromatic ring is 1.